The van der Waals surface area contributed by atoms with E-state index in [2.05, 4.69) is 41.3 Å². The zero-order valence-electron chi connectivity index (χ0n) is 16.0. The number of aromatic nitrogens is 3. The maximum atomic E-state index is 12.6. The minimum Gasteiger partial charge on any atom is -0.352 e. The van der Waals surface area contributed by atoms with Crippen molar-refractivity contribution in [3.05, 3.63) is 70.3 Å². The number of hydrogen-bond acceptors (Lipinski definition) is 6. The van der Waals surface area contributed by atoms with E-state index in [1.165, 1.54) is 0 Å². The van der Waals surface area contributed by atoms with Crippen molar-refractivity contribution in [3.8, 4) is 0 Å². The van der Waals surface area contributed by atoms with Crippen molar-refractivity contribution in [2.45, 2.75) is 6.92 Å². The van der Waals surface area contributed by atoms with Crippen LogP contribution in [0, 0.1) is 6.92 Å². The molecule has 7 nitrogen and oxygen atoms in total. The van der Waals surface area contributed by atoms with Gasteiger partial charge in [-0.05, 0) is 61.0 Å². The standard InChI is InChI=1S/C21H21BrN6O/c1-15-8-9-23-19(14-15)24-18-6-7-20(26-25-18)27-10-12-28(13-11-27)21(29)16-2-4-17(22)5-3-16/h2-9,14H,10-13H2,1H3,(H,23,24,25). The van der Waals surface area contributed by atoms with Crippen LogP contribution in [0.15, 0.2) is 59.2 Å². The fourth-order valence-corrected chi connectivity index (χ4v) is 3.47. The van der Waals surface area contributed by atoms with Gasteiger partial charge >= 0.3 is 0 Å². The van der Waals surface area contributed by atoms with E-state index in [9.17, 15) is 4.79 Å². The molecule has 0 atom stereocenters. The van der Waals surface area contributed by atoms with E-state index in [1.54, 1.807) is 6.20 Å². The average molecular weight is 453 g/mol. The quantitative estimate of drug-likeness (QED) is 0.650. The summed E-state index contributed by atoms with van der Waals surface area (Å²) in [4.78, 5) is 20.9. The highest BCUT2D eigenvalue weighted by Crippen LogP contribution is 2.18. The van der Waals surface area contributed by atoms with Gasteiger partial charge in [-0.2, -0.15) is 0 Å². The zero-order valence-corrected chi connectivity index (χ0v) is 17.6. The molecular formula is C21H21BrN6O. The van der Waals surface area contributed by atoms with Crippen LogP contribution in [-0.4, -0.2) is 52.2 Å². The summed E-state index contributed by atoms with van der Waals surface area (Å²) < 4.78 is 0.966. The summed E-state index contributed by atoms with van der Waals surface area (Å²) in [5.74, 6) is 2.26. The number of aryl methyl sites for hydroxylation is 1. The first kappa shape index (κ1) is 19.3. The Morgan fingerprint density at radius 1 is 0.966 bits per heavy atom. The van der Waals surface area contributed by atoms with Crippen LogP contribution >= 0.6 is 15.9 Å². The number of anilines is 3. The molecule has 0 aliphatic carbocycles. The van der Waals surface area contributed by atoms with Crippen molar-refractivity contribution in [1.29, 1.82) is 0 Å². The summed E-state index contributed by atoms with van der Waals surface area (Å²) in [7, 11) is 0. The lowest BCUT2D eigenvalue weighted by atomic mass is 10.2. The van der Waals surface area contributed by atoms with Crippen LogP contribution in [0.5, 0.6) is 0 Å². The first-order valence-corrected chi connectivity index (χ1v) is 10.2. The van der Waals surface area contributed by atoms with Gasteiger partial charge in [0.25, 0.3) is 5.91 Å². The summed E-state index contributed by atoms with van der Waals surface area (Å²) in [5.41, 5.74) is 1.84. The first-order chi connectivity index (χ1) is 14.1. The smallest absolute Gasteiger partial charge is 0.253 e. The predicted molar refractivity (Wildman–Crippen MR) is 117 cm³/mol. The molecule has 29 heavy (non-hydrogen) atoms. The minimum absolute atomic E-state index is 0.0634. The third-order valence-corrected chi connectivity index (χ3v) is 5.33. The van der Waals surface area contributed by atoms with E-state index >= 15 is 0 Å². The zero-order chi connectivity index (χ0) is 20.2. The number of hydrogen-bond donors (Lipinski definition) is 1. The maximum absolute atomic E-state index is 12.6. The summed E-state index contributed by atoms with van der Waals surface area (Å²) in [6.07, 6.45) is 1.76. The molecule has 1 aromatic carbocycles. The summed E-state index contributed by atoms with van der Waals surface area (Å²) >= 11 is 3.40. The van der Waals surface area contributed by atoms with E-state index in [1.807, 2.05) is 60.4 Å². The average Bonchev–Trinajstić information content (AvgIpc) is 2.75. The molecule has 3 heterocycles. The van der Waals surface area contributed by atoms with Crippen LogP contribution in [0.1, 0.15) is 15.9 Å². The Kier molecular flexibility index (Phi) is 5.71. The highest BCUT2D eigenvalue weighted by atomic mass is 79.9. The van der Waals surface area contributed by atoms with E-state index in [0.717, 1.165) is 34.8 Å². The van der Waals surface area contributed by atoms with Gasteiger partial charge in [-0.25, -0.2) is 4.98 Å². The van der Waals surface area contributed by atoms with Gasteiger partial charge < -0.3 is 15.1 Å². The molecular weight excluding hydrogens is 432 g/mol. The largest absolute Gasteiger partial charge is 0.352 e. The van der Waals surface area contributed by atoms with Crippen molar-refractivity contribution in [2.24, 2.45) is 0 Å². The number of piperazine rings is 1. The molecule has 1 aliphatic rings. The normalized spacial score (nSPS) is 14.0. The van der Waals surface area contributed by atoms with Crippen molar-refractivity contribution in [1.82, 2.24) is 20.1 Å². The van der Waals surface area contributed by atoms with Crippen molar-refractivity contribution < 1.29 is 4.79 Å². The van der Waals surface area contributed by atoms with Gasteiger partial charge in [0.05, 0.1) is 0 Å². The van der Waals surface area contributed by atoms with Gasteiger partial charge in [0.1, 0.15) is 5.82 Å². The first-order valence-electron chi connectivity index (χ1n) is 9.42. The second-order valence-electron chi connectivity index (χ2n) is 6.91. The van der Waals surface area contributed by atoms with Gasteiger partial charge in [0.15, 0.2) is 11.6 Å². The van der Waals surface area contributed by atoms with Gasteiger partial charge in [-0.3, -0.25) is 4.79 Å². The molecule has 4 rings (SSSR count). The summed E-state index contributed by atoms with van der Waals surface area (Å²) in [6.45, 7) is 4.78. The van der Waals surface area contributed by atoms with Crippen LogP contribution < -0.4 is 10.2 Å². The Hall–Kier alpha value is -3.00. The highest BCUT2D eigenvalue weighted by molar-refractivity contribution is 9.10. The fourth-order valence-electron chi connectivity index (χ4n) is 3.21. The van der Waals surface area contributed by atoms with E-state index in [0.29, 0.717) is 24.5 Å². The molecule has 1 N–H and O–H groups in total. The number of carbonyl (C=O) groups is 1. The monoisotopic (exact) mass is 452 g/mol. The molecule has 0 radical (unpaired) electrons. The number of amides is 1. The summed E-state index contributed by atoms with van der Waals surface area (Å²) in [5, 5.41) is 11.8. The predicted octanol–water partition coefficient (Wildman–Crippen LogP) is 3.65. The lowest BCUT2D eigenvalue weighted by Gasteiger charge is -2.35. The Balaban J connectivity index is 1.34. The maximum Gasteiger partial charge on any atom is 0.253 e. The molecule has 148 valence electrons. The Morgan fingerprint density at radius 3 is 2.38 bits per heavy atom. The van der Waals surface area contributed by atoms with Crippen molar-refractivity contribution in [2.75, 3.05) is 36.4 Å². The van der Waals surface area contributed by atoms with Gasteiger partial charge in [0.2, 0.25) is 0 Å². The molecule has 0 spiro atoms. The van der Waals surface area contributed by atoms with Crippen LogP contribution in [0.2, 0.25) is 0 Å². The minimum atomic E-state index is 0.0634. The van der Waals surface area contributed by atoms with Crippen molar-refractivity contribution in [3.63, 3.8) is 0 Å². The number of rotatable bonds is 4. The number of carbonyl (C=O) groups excluding carboxylic acids is 1. The molecule has 1 amide bonds. The number of nitrogens with one attached hydrogen (secondary N) is 1. The Bertz CT molecular complexity index is 985. The second-order valence-corrected chi connectivity index (χ2v) is 7.82. The van der Waals surface area contributed by atoms with Crippen molar-refractivity contribution >= 4 is 39.3 Å². The Morgan fingerprint density at radius 2 is 1.72 bits per heavy atom. The molecule has 2 aromatic heterocycles. The molecule has 0 bridgehead atoms. The fraction of sp³-hybridized carbons (Fsp3) is 0.238. The number of nitrogens with zero attached hydrogens (tertiary/aromatic N) is 5. The SMILES string of the molecule is Cc1ccnc(Nc2ccc(N3CCN(C(=O)c4ccc(Br)cc4)CC3)nn2)c1. The van der Waals surface area contributed by atoms with Gasteiger partial charge in [-0.1, -0.05) is 15.9 Å². The van der Waals surface area contributed by atoms with Gasteiger partial charge in [0, 0.05) is 42.4 Å². The van der Waals surface area contributed by atoms with Crippen LogP contribution in [0.3, 0.4) is 0 Å². The lowest BCUT2D eigenvalue weighted by molar-refractivity contribution is 0.0746. The van der Waals surface area contributed by atoms with E-state index in [-0.39, 0.29) is 5.91 Å². The third kappa shape index (κ3) is 4.71. The molecule has 1 fully saturated rings. The third-order valence-electron chi connectivity index (χ3n) is 4.80. The van der Waals surface area contributed by atoms with Crippen LogP contribution in [0.25, 0.3) is 0 Å². The Labute approximate surface area is 177 Å². The molecule has 0 unspecified atom stereocenters. The molecule has 1 saturated heterocycles. The molecule has 0 saturated carbocycles. The summed E-state index contributed by atoms with van der Waals surface area (Å²) in [6, 6.07) is 15.2. The lowest BCUT2D eigenvalue weighted by Crippen LogP contribution is -2.49. The highest BCUT2D eigenvalue weighted by Gasteiger charge is 2.23. The molecule has 3 aromatic rings. The van der Waals surface area contributed by atoms with E-state index in [4.69, 9.17) is 0 Å². The topological polar surface area (TPSA) is 74.2 Å². The van der Waals surface area contributed by atoms with E-state index < -0.39 is 0 Å². The van der Waals surface area contributed by atoms with Gasteiger partial charge in [-0.15, -0.1) is 10.2 Å². The number of pyridine rings is 1. The molecule has 1 aliphatic heterocycles. The number of benzene rings is 1. The second kappa shape index (κ2) is 8.57. The number of halogens is 1. The molecule has 8 heteroatoms. The van der Waals surface area contributed by atoms with Crippen LogP contribution in [0.4, 0.5) is 17.5 Å². The van der Waals surface area contributed by atoms with Crippen LogP contribution in [-0.2, 0) is 0 Å².